The van der Waals surface area contributed by atoms with Crippen LogP contribution >= 0.6 is 11.6 Å². The average molecular weight is 236 g/mol. The van der Waals surface area contributed by atoms with Gasteiger partial charge in [0.15, 0.2) is 0 Å². The standard InChI is InChI=1S/C13H14ClNO/c1-3-8-16-13-6-4-12(5-7-13)10-15-9-11(2)14/h1,4-7,15H,2,8-10H2. The molecule has 0 unspecified atom stereocenters. The molecule has 0 heterocycles. The second kappa shape index (κ2) is 6.95. The Labute approximate surface area is 101 Å². The predicted octanol–water partition coefficient (Wildman–Crippen LogP) is 2.54. The molecule has 0 aromatic heterocycles. The Morgan fingerprint density at radius 1 is 1.44 bits per heavy atom. The van der Waals surface area contributed by atoms with Gasteiger partial charge >= 0.3 is 0 Å². The van der Waals surface area contributed by atoms with Crippen LogP contribution in [0.25, 0.3) is 0 Å². The van der Waals surface area contributed by atoms with Crippen molar-refractivity contribution in [3.63, 3.8) is 0 Å². The van der Waals surface area contributed by atoms with Crippen molar-refractivity contribution in [1.82, 2.24) is 5.32 Å². The van der Waals surface area contributed by atoms with Crippen LogP contribution in [0.1, 0.15) is 5.56 Å². The van der Waals surface area contributed by atoms with Gasteiger partial charge in [0.05, 0.1) is 0 Å². The zero-order valence-corrected chi connectivity index (χ0v) is 9.76. The lowest BCUT2D eigenvalue weighted by Gasteiger charge is -2.05. The smallest absolute Gasteiger partial charge is 0.148 e. The molecule has 0 spiro atoms. The summed E-state index contributed by atoms with van der Waals surface area (Å²) in [7, 11) is 0. The lowest BCUT2D eigenvalue weighted by molar-refractivity contribution is 0.370. The molecule has 1 N–H and O–H groups in total. The van der Waals surface area contributed by atoms with Crippen LogP contribution < -0.4 is 10.1 Å². The van der Waals surface area contributed by atoms with Gasteiger partial charge in [-0.05, 0) is 17.7 Å². The monoisotopic (exact) mass is 235 g/mol. The average Bonchev–Trinajstić information content (AvgIpc) is 2.27. The van der Waals surface area contributed by atoms with Gasteiger partial charge in [0.1, 0.15) is 12.4 Å². The van der Waals surface area contributed by atoms with Gasteiger partial charge in [0, 0.05) is 18.1 Å². The normalized spacial score (nSPS) is 9.50. The Morgan fingerprint density at radius 3 is 2.69 bits per heavy atom. The van der Waals surface area contributed by atoms with E-state index in [1.54, 1.807) is 0 Å². The van der Waals surface area contributed by atoms with Crippen molar-refractivity contribution in [2.24, 2.45) is 0 Å². The highest BCUT2D eigenvalue weighted by atomic mass is 35.5. The predicted molar refractivity (Wildman–Crippen MR) is 67.5 cm³/mol. The first-order chi connectivity index (χ1) is 7.72. The lowest BCUT2D eigenvalue weighted by atomic mass is 10.2. The molecule has 1 aromatic rings. The largest absolute Gasteiger partial charge is 0.481 e. The van der Waals surface area contributed by atoms with Crippen molar-refractivity contribution in [2.45, 2.75) is 6.54 Å². The van der Waals surface area contributed by atoms with Gasteiger partial charge in [-0.15, -0.1) is 6.42 Å². The minimum Gasteiger partial charge on any atom is -0.481 e. The molecule has 0 bridgehead atoms. The molecule has 3 heteroatoms. The highest BCUT2D eigenvalue weighted by Crippen LogP contribution is 2.11. The van der Waals surface area contributed by atoms with Crippen molar-refractivity contribution in [1.29, 1.82) is 0 Å². The van der Waals surface area contributed by atoms with Gasteiger partial charge in [-0.2, -0.15) is 0 Å². The van der Waals surface area contributed by atoms with E-state index in [-0.39, 0.29) is 0 Å². The minimum absolute atomic E-state index is 0.295. The molecule has 0 aliphatic heterocycles. The molecular weight excluding hydrogens is 222 g/mol. The molecule has 16 heavy (non-hydrogen) atoms. The van der Waals surface area contributed by atoms with Gasteiger partial charge in [-0.25, -0.2) is 0 Å². The SMILES string of the molecule is C#CCOc1ccc(CNCC(=C)Cl)cc1. The van der Waals surface area contributed by atoms with Crippen molar-refractivity contribution < 1.29 is 4.74 Å². The van der Waals surface area contributed by atoms with Crippen LogP contribution in [0.3, 0.4) is 0 Å². The van der Waals surface area contributed by atoms with E-state index < -0.39 is 0 Å². The Hall–Kier alpha value is -1.43. The number of nitrogens with one attached hydrogen (secondary N) is 1. The van der Waals surface area contributed by atoms with E-state index in [9.17, 15) is 0 Å². The number of terminal acetylenes is 1. The van der Waals surface area contributed by atoms with E-state index in [0.717, 1.165) is 17.9 Å². The maximum absolute atomic E-state index is 5.63. The Bertz CT molecular complexity index is 378. The maximum atomic E-state index is 5.63. The van der Waals surface area contributed by atoms with E-state index in [1.807, 2.05) is 24.3 Å². The van der Waals surface area contributed by atoms with E-state index in [4.69, 9.17) is 22.8 Å². The maximum Gasteiger partial charge on any atom is 0.148 e. The van der Waals surface area contributed by atoms with E-state index >= 15 is 0 Å². The summed E-state index contributed by atoms with van der Waals surface area (Å²) in [5.41, 5.74) is 1.16. The number of ether oxygens (including phenoxy) is 1. The topological polar surface area (TPSA) is 21.3 Å². The van der Waals surface area contributed by atoms with Gasteiger partial charge in [0.2, 0.25) is 0 Å². The number of halogens is 1. The molecule has 0 saturated carbocycles. The first-order valence-corrected chi connectivity index (χ1v) is 5.29. The van der Waals surface area contributed by atoms with Crippen LogP contribution in [-0.2, 0) is 6.54 Å². The molecule has 1 rings (SSSR count). The van der Waals surface area contributed by atoms with Gasteiger partial charge in [0.25, 0.3) is 0 Å². The van der Waals surface area contributed by atoms with Crippen molar-refractivity contribution >= 4 is 11.6 Å². The summed E-state index contributed by atoms with van der Waals surface area (Å²) in [6.07, 6.45) is 5.09. The third-order valence-corrected chi connectivity index (χ3v) is 2.03. The summed E-state index contributed by atoms with van der Waals surface area (Å²) in [5, 5.41) is 3.76. The van der Waals surface area contributed by atoms with Crippen molar-refractivity contribution in [3.8, 4) is 18.1 Å². The quantitative estimate of drug-likeness (QED) is 0.766. The fourth-order valence-electron chi connectivity index (χ4n) is 1.17. The summed E-state index contributed by atoms with van der Waals surface area (Å²) in [5.74, 6) is 3.20. The van der Waals surface area contributed by atoms with Crippen LogP contribution in [0, 0.1) is 12.3 Å². The van der Waals surface area contributed by atoms with Crippen LogP contribution in [-0.4, -0.2) is 13.2 Å². The second-order valence-electron chi connectivity index (χ2n) is 3.26. The van der Waals surface area contributed by atoms with E-state index in [0.29, 0.717) is 18.2 Å². The van der Waals surface area contributed by atoms with E-state index in [1.165, 1.54) is 0 Å². The number of hydrogen-bond donors (Lipinski definition) is 1. The van der Waals surface area contributed by atoms with Crippen LogP contribution in [0.2, 0.25) is 0 Å². The Morgan fingerprint density at radius 2 is 2.12 bits per heavy atom. The van der Waals surface area contributed by atoms with Crippen molar-refractivity contribution in [2.75, 3.05) is 13.2 Å². The molecule has 0 atom stereocenters. The molecule has 1 aromatic carbocycles. The van der Waals surface area contributed by atoms with Gasteiger partial charge in [-0.3, -0.25) is 0 Å². The molecule has 84 valence electrons. The second-order valence-corrected chi connectivity index (χ2v) is 3.79. The molecule has 0 fully saturated rings. The number of rotatable bonds is 6. The molecule has 2 nitrogen and oxygen atoms in total. The summed E-state index contributed by atoms with van der Waals surface area (Å²) >= 11 is 5.63. The Balaban J connectivity index is 2.39. The zero-order chi connectivity index (χ0) is 11.8. The minimum atomic E-state index is 0.295. The first kappa shape index (κ1) is 12.6. The lowest BCUT2D eigenvalue weighted by Crippen LogP contribution is -2.14. The number of benzene rings is 1. The molecule has 0 amide bonds. The molecule has 0 radical (unpaired) electrons. The molecule has 0 saturated heterocycles. The van der Waals surface area contributed by atoms with Gasteiger partial charge < -0.3 is 10.1 Å². The summed E-state index contributed by atoms with van der Waals surface area (Å²) in [4.78, 5) is 0. The van der Waals surface area contributed by atoms with Crippen LogP contribution in [0.5, 0.6) is 5.75 Å². The molecule has 0 aliphatic rings. The van der Waals surface area contributed by atoms with E-state index in [2.05, 4.69) is 17.8 Å². The first-order valence-electron chi connectivity index (χ1n) is 4.91. The summed E-state index contributed by atoms with van der Waals surface area (Å²) in [6, 6.07) is 7.75. The van der Waals surface area contributed by atoms with Gasteiger partial charge in [-0.1, -0.05) is 36.2 Å². The van der Waals surface area contributed by atoms with Crippen LogP contribution in [0.15, 0.2) is 35.9 Å². The highest BCUT2D eigenvalue weighted by molar-refractivity contribution is 6.29. The zero-order valence-electron chi connectivity index (χ0n) is 9.00. The fraction of sp³-hybridized carbons (Fsp3) is 0.231. The highest BCUT2D eigenvalue weighted by Gasteiger charge is 1.95. The third-order valence-electron chi connectivity index (χ3n) is 1.89. The third kappa shape index (κ3) is 4.88. The fourth-order valence-corrected chi connectivity index (χ4v) is 1.27. The Kier molecular flexibility index (Phi) is 5.49. The van der Waals surface area contributed by atoms with Crippen molar-refractivity contribution in [3.05, 3.63) is 41.4 Å². The molecule has 0 aliphatic carbocycles. The number of hydrogen-bond acceptors (Lipinski definition) is 2. The summed E-state index contributed by atoms with van der Waals surface area (Å²) in [6.45, 7) is 5.25. The van der Waals surface area contributed by atoms with Crippen LogP contribution in [0.4, 0.5) is 0 Å². The summed E-state index contributed by atoms with van der Waals surface area (Å²) < 4.78 is 5.26. The molecular formula is C13H14ClNO.